The standard InChI is InChI=1S/C20H40O5/c1-15(2)7-5-8-16(3)9-6-10-17(4)11-12-25-14-19(23)20(24)18(22)13-21/h11,15-16,18-24H,5-10,12-14H2,1-4H3/b17-11+/t16?,18-,19+,20+/m1/s1. The molecule has 0 aliphatic rings. The second-order valence-electron chi connectivity index (χ2n) is 7.72. The van der Waals surface area contributed by atoms with Gasteiger partial charge in [0.05, 0.1) is 19.8 Å². The van der Waals surface area contributed by atoms with Crippen molar-refractivity contribution in [1.29, 1.82) is 0 Å². The molecule has 0 aliphatic carbocycles. The first-order valence-electron chi connectivity index (χ1n) is 9.66. The maximum atomic E-state index is 9.63. The molecule has 0 fully saturated rings. The Morgan fingerprint density at radius 3 is 2.20 bits per heavy atom. The van der Waals surface area contributed by atoms with Crippen molar-refractivity contribution in [2.45, 2.75) is 84.5 Å². The van der Waals surface area contributed by atoms with Gasteiger partial charge in [0.15, 0.2) is 0 Å². The molecule has 0 spiro atoms. The molecule has 0 aromatic rings. The van der Waals surface area contributed by atoms with Crippen LogP contribution in [0.25, 0.3) is 0 Å². The van der Waals surface area contributed by atoms with Crippen molar-refractivity contribution >= 4 is 0 Å². The van der Waals surface area contributed by atoms with Gasteiger partial charge < -0.3 is 25.2 Å². The minimum atomic E-state index is -1.40. The van der Waals surface area contributed by atoms with Gasteiger partial charge in [0.2, 0.25) is 0 Å². The van der Waals surface area contributed by atoms with E-state index in [4.69, 9.17) is 9.84 Å². The van der Waals surface area contributed by atoms with Crippen LogP contribution in [0.5, 0.6) is 0 Å². The topological polar surface area (TPSA) is 90.2 Å². The maximum Gasteiger partial charge on any atom is 0.110 e. The van der Waals surface area contributed by atoms with Crippen LogP contribution in [0.4, 0.5) is 0 Å². The molecule has 150 valence electrons. The van der Waals surface area contributed by atoms with E-state index in [0.29, 0.717) is 6.61 Å². The monoisotopic (exact) mass is 360 g/mol. The van der Waals surface area contributed by atoms with Gasteiger partial charge in [-0.05, 0) is 31.6 Å². The van der Waals surface area contributed by atoms with Crippen molar-refractivity contribution in [2.75, 3.05) is 19.8 Å². The summed E-state index contributed by atoms with van der Waals surface area (Å²) in [6.07, 6.45) is 5.45. The van der Waals surface area contributed by atoms with Crippen LogP contribution in [-0.4, -0.2) is 58.6 Å². The van der Waals surface area contributed by atoms with E-state index in [-0.39, 0.29) is 6.61 Å². The second-order valence-corrected chi connectivity index (χ2v) is 7.72. The summed E-state index contributed by atoms with van der Waals surface area (Å²) in [6, 6.07) is 0. The Bertz CT molecular complexity index is 343. The highest BCUT2D eigenvalue weighted by molar-refractivity contribution is 4.97. The molecule has 0 amide bonds. The Morgan fingerprint density at radius 2 is 1.60 bits per heavy atom. The maximum absolute atomic E-state index is 9.63. The van der Waals surface area contributed by atoms with Crippen LogP contribution in [0, 0.1) is 11.8 Å². The number of aliphatic hydroxyl groups is 4. The minimum absolute atomic E-state index is 0.0745. The van der Waals surface area contributed by atoms with Crippen molar-refractivity contribution in [3.05, 3.63) is 11.6 Å². The number of rotatable bonds is 15. The average Bonchev–Trinajstić information content (AvgIpc) is 2.56. The SMILES string of the molecule is C/C(=C\COC[C@H](O)[C@@H](O)[C@H](O)CO)CCCC(C)CCCC(C)C. The molecule has 0 aliphatic heterocycles. The predicted octanol–water partition coefficient (Wildman–Crippen LogP) is 2.66. The molecule has 5 nitrogen and oxygen atoms in total. The third-order valence-corrected chi connectivity index (χ3v) is 4.56. The Labute approximate surface area is 153 Å². The van der Waals surface area contributed by atoms with Gasteiger partial charge in [-0.2, -0.15) is 0 Å². The Morgan fingerprint density at radius 1 is 0.960 bits per heavy atom. The van der Waals surface area contributed by atoms with Crippen LogP contribution in [0.3, 0.4) is 0 Å². The lowest BCUT2D eigenvalue weighted by Gasteiger charge is -2.21. The normalized spacial score (nSPS) is 17.6. The van der Waals surface area contributed by atoms with Crippen molar-refractivity contribution in [3.8, 4) is 0 Å². The number of aliphatic hydroxyl groups excluding tert-OH is 4. The summed E-state index contributed by atoms with van der Waals surface area (Å²) in [7, 11) is 0. The van der Waals surface area contributed by atoms with Crippen LogP contribution >= 0.6 is 0 Å². The van der Waals surface area contributed by atoms with Crippen LogP contribution < -0.4 is 0 Å². The fourth-order valence-corrected chi connectivity index (χ4v) is 2.70. The van der Waals surface area contributed by atoms with Crippen molar-refractivity contribution in [2.24, 2.45) is 11.8 Å². The first-order valence-corrected chi connectivity index (χ1v) is 9.66. The molecule has 0 saturated heterocycles. The summed E-state index contributed by atoms with van der Waals surface area (Å²) in [4.78, 5) is 0. The van der Waals surface area contributed by atoms with Gasteiger partial charge in [0.25, 0.3) is 0 Å². The van der Waals surface area contributed by atoms with E-state index in [0.717, 1.165) is 18.3 Å². The molecule has 5 heteroatoms. The quantitative estimate of drug-likeness (QED) is 0.266. The number of hydrogen-bond acceptors (Lipinski definition) is 5. The molecular formula is C20H40O5. The highest BCUT2D eigenvalue weighted by atomic mass is 16.5. The molecule has 0 aromatic carbocycles. The van der Waals surface area contributed by atoms with Crippen LogP contribution in [0.15, 0.2) is 11.6 Å². The molecule has 25 heavy (non-hydrogen) atoms. The fraction of sp³-hybridized carbons (Fsp3) is 0.900. The van der Waals surface area contributed by atoms with E-state index in [2.05, 4.69) is 27.7 Å². The van der Waals surface area contributed by atoms with Gasteiger partial charge in [0.1, 0.15) is 18.3 Å². The summed E-state index contributed by atoms with van der Waals surface area (Å²) in [5.74, 6) is 1.57. The van der Waals surface area contributed by atoms with E-state index in [1.54, 1.807) is 0 Å². The lowest BCUT2D eigenvalue weighted by atomic mass is 9.94. The summed E-state index contributed by atoms with van der Waals surface area (Å²) < 4.78 is 5.31. The number of ether oxygens (including phenoxy) is 1. The molecular weight excluding hydrogens is 320 g/mol. The molecule has 4 atom stereocenters. The van der Waals surface area contributed by atoms with Crippen molar-refractivity contribution in [1.82, 2.24) is 0 Å². The van der Waals surface area contributed by atoms with Gasteiger partial charge in [-0.15, -0.1) is 0 Å². The zero-order valence-corrected chi connectivity index (χ0v) is 16.5. The molecule has 4 N–H and O–H groups in total. The van der Waals surface area contributed by atoms with Gasteiger partial charge in [-0.1, -0.05) is 58.1 Å². The fourth-order valence-electron chi connectivity index (χ4n) is 2.70. The summed E-state index contributed by atoms with van der Waals surface area (Å²) >= 11 is 0. The largest absolute Gasteiger partial charge is 0.394 e. The van der Waals surface area contributed by atoms with Crippen molar-refractivity contribution in [3.63, 3.8) is 0 Å². The van der Waals surface area contributed by atoms with Crippen LogP contribution in [0.1, 0.15) is 66.2 Å². The van der Waals surface area contributed by atoms with Gasteiger partial charge >= 0.3 is 0 Å². The number of hydrogen-bond donors (Lipinski definition) is 4. The van der Waals surface area contributed by atoms with Gasteiger partial charge in [0, 0.05) is 0 Å². The lowest BCUT2D eigenvalue weighted by molar-refractivity contribution is -0.0974. The highest BCUT2D eigenvalue weighted by Gasteiger charge is 2.23. The van der Waals surface area contributed by atoms with E-state index >= 15 is 0 Å². The van der Waals surface area contributed by atoms with Crippen LogP contribution in [-0.2, 0) is 4.74 Å². The van der Waals surface area contributed by atoms with E-state index < -0.39 is 24.9 Å². The summed E-state index contributed by atoms with van der Waals surface area (Å²) in [5, 5.41) is 37.1. The Hall–Kier alpha value is -0.460. The van der Waals surface area contributed by atoms with Crippen LogP contribution in [0.2, 0.25) is 0 Å². The number of allylic oxidation sites excluding steroid dienone is 1. The van der Waals surface area contributed by atoms with E-state index in [1.165, 1.54) is 37.7 Å². The van der Waals surface area contributed by atoms with E-state index in [1.807, 2.05) is 6.08 Å². The summed E-state index contributed by atoms with van der Waals surface area (Å²) in [5.41, 5.74) is 1.26. The third kappa shape index (κ3) is 13.4. The zero-order chi connectivity index (χ0) is 19.2. The minimum Gasteiger partial charge on any atom is -0.394 e. The highest BCUT2D eigenvalue weighted by Crippen LogP contribution is 2.19. The van der Waals surface area contributed by atoms with Gasteiger partial charge in [-0.25, -0.2) is 0 Å². The Balaban J connectivity index is 3.78. The molecule has 0 saturated carbocycles. The lowest BCUT2D eigenvalue weighted by Crippen LogP contribution is -2.41. The van der Waals surface area contributed by atoms with Gasteiger partial charge in [-0.3, -0.25) is 0 Å². The second kappa shape index (κ2) is 14.7. The molecule has 0 aromatic heterocycles. The first-order chi connectivity index (χ1) is 11.8. The zero-order valence-electron chi connectivity index (χ0n) is 16.5. The predicted molar refractivity (Wildman–Crippen MR) is 101 cm³/mol. The molecule has 1 unspecified atom stereocenters. The Kier molecular flexibility index (Phi) is 14.4. The smallest absolute Gasteiger partial charge is 0.110 e. The molecule has 0 heterocycles. The molecule has 0 radical (unpaired) electrons. The van der Waals surface area contributed by atoms with E-state index in [9.17, 15) is 15.3 Å². The first kappa shape index (κ1) is 24.5. The molecule has 0 bridgehead atoms. The average molecular weight is 361 g/mol. The van der Waals surface area contributed by atoms with Crippen molar-refractivity contribution < 1.29 is 25.2 Å². The summed E-state index contributed by atoms with van der Waals surface area (Å²) in [6.45, 7) is 8.66. The third-order valence-electron chi connectivity index (χ3n) is 4.56. The molecule has 0 rings (SSSR count).